The second kappa shape index (κ2) is 11.8. The first-order valence-corrected chi connectivity index (χ1v) is 22.8. The van der Waals surface area contributed by atoms with Crippen molar-refractivity contribution in [2.75, 3.05) is 0 Å². The Morgan fingerprint density at radius 2 is 0.860 bits per heavy atom. The Labute approximate surface area is 339 Å². The van der Waals surface area contributed by atoms with Crippen LogP contribution in [0.2, 0.25) is 0 Å². The lowest BCUT2D eigenvalue weighted by molar-refractivity contribution is 0.0470. The molecule has 6 aromatic rings. The fourth-order valence-electron chi connectivity index (χ4n) is 14.3. The van der Waals surface area contributed by atoms with Gasteiger partial charge < -0.3 is 4.40 Å². The van der Waals surface area contributed by atoms with Crippen molar-refractivity contribution in [3.05, 3.63) is 99.1 Å². The van der Waals surface area contributed by atoms with E-state index in [1.165, 1.54) is 60.4 Å². The molecule has 2 heterocycles. The molecule has 0 N–H and O–H groups in total. The molecule has 2 saturated carbocycles. The van der Waals surface area contributed by atoms with Gasteiger partial charge in [0.05, 0.1) is 16.6 Å². The minimum absolute atomic E-state index is 0.00588. The van der Waals surface area contributed by atoms with E-state index in [-0.39, 0.29) is 21.7 Å². The van der Waals surface area contributed by atoms with E-state index in [2.05, 4.69) is 114 Å². The number of benzene rings is 4. The smallest absolute Gasteiger partial charge is 0.169 e. The maximum absolute atomic E-state index is 15.3. The average molecular weight is 756 g/mol. The summed E-state index contributed by atoms with van der Waals surface area (Å²) in [6.45, 7) is 18.8. The molecule has 3 heteroatoms. The number of aromatic nitrogens is 1. The first kappa shape index (κ1) is 36.1. The predicted octanol–water partition coefficient (Wildman–Crippen LogP) is 13.3. The van der Waals surface area contributed by atoms with Crippen LogP contribution in [0.1, 0.15) is 161 Å². The van der Waals surface area contributed by atoms with Gasteiger partial charge in [-0.1, -0.05) is 85.7 Å². The molecule has 0 radical (unpaired) electrons. The number of hydrogen-bond acceptors (Lipinski definition) is 2. The molecule has 4 aromatic carbocycles. The third kappa shape index (κ3) is 4.40. The van der Waals surface area contributed by atoms with Crippen molar-refractivity contribution in [3.63, 3.8) is 0 Å². The molecule has 2 aromatic heterocycles. The molecule has 0 unspecified atom stereocenters. The first-order chi connectivity index (χ1) is 27.3. The van der Waals surface area contributed by atoms with E-state index in [4.69, 9.17) is 0 Å². The Morgan fingerprint density at radius 1 is 0.474 bits per heavy atom. The van der Waals surface area contributed by atoms with Crippen LogP contribution in [0.4, 0.5) is 0 Å². The largest absolute Gasteiger partial charge is 0.308 e. The third-order valence-corrected chi connectivity index (χ3v) is 18.3. The van der Waals surface area contributed by atoms with Crippen molar-refractivity contribution in [2.24, 2.45) is 34.5 Å². The number of carbonyl (C=O) groups is 2. The molecule has 57 heavy (non-hydrogen) atoms. The van der Waals surface area contributed by atoms with E-state index in [1.807, 2.05) is 0 Å². The third-order valence-electron chi connectivity index (χ3n) is 18.3. The Kier molecular flexibility index (Phi) is 7.49. The summed E-state index contributed by atoms with van der Waals surface area (Å²) in [6.07, 6.45) is 12.2. The molecule has 0 atom stereocenters. The van der Waals surface area contributed by atoms with E-state index in [9.17, 15) is 0 Å². The maximum atomic E-state index is 15.3. The molecular formula is C54H61NO2. The molecule has 0 saturated heterocycles. The molecule has 294 valence electrons. The summed E-state index contributed by atoms with van der Waals surface area (Å²) in [5, 5.41) is 5.36. The molecule has 8 bridgehead atoms. The lowest BCUT2D eigenvalue weighted by Gasteiger charge is -2.46. The zero-order chi connectivity index (χ0) is 39.6. The van der Waals surface area contributed by atoms with Gasteiger partial charge in [0, 0.05) is 43.5 Å². The second-order valence-corrected chi connectivity index (χ2v) is 21.2. The standard InChI is InChI=1S/C54H61NO2/c1-30(2)51-16-20-53(21-17-51,32(5)6)49(56)38-28-44-40(26-42(38)51)46-36-14-12-34-10-9-11-35(24-34)13-15-37(25-36)47-41-27-43-39(29-45(41)55(44)48(46)47)50(57)54(33(7)8)22-18-52(43,19-23-54)31(3)4/h9-11,24-33H,12-23H2,1-8H3. The van der Waals surface area contributed by atoms with Gasteiger partial charge in [-0.25, -0.2) is 0 Å². The van der Waals surface area contributed by atoms with Gasteiger partial charge in [0.15, 0.2) is 11.6 Å². The molecule has 0 amide bonds. The molecule has 3 nitrogen and oxygen atoms in total. The van der Waals surface area contributed by atoms with Gasteiger partial charge >= 0.3 is 0 Å². The monoisotopic (exact) mass is 755 g/mol. The van der Waals surface area contributed by atoms with Crippen molar-refractivity contribution in [3.8, 4) is 0 Å². The zero-order valence-corrected chi connectivity index (χ0v) is 35.8. The van der Waals surface area contributed by atoms with Crippen molar-refractivity contribution in [1.29, 1.82) is 0 Å². The van der Waals surface area contributed by atoms with Crippen molar-refractivity contribution >= 4 is 49.7 Å². The number of fused-ring (bicyclic) bond motifs is 16. The molecule has 0 spiro atoms. The molecule has 7 aliphatic rings. The molecule has 2 fully saturated rings. The summed E-state index contributed by atoms with van der Waals surface area (Å²) >= 11 is 0. The molecule has 0 aliphatic heterocycles. The van der Waals surface area contributed by atoms with Crippen LogP contribution in [0.25, 0.3) is 38.1 Å². The van der Waals surface area contributed by atoms with Crippen LogP contribution in [0.3, 0.4) is 0 Å². The minimum Gasteiger partial charge on any atom is -0.308 e. The van der Waals surface area contributed by atoms with Crippen LogP contribution in [0.5, 0.6) is 0 Å². The SMILES string of the molecule is CC(C)C12CCC(C(C)C)(CC1)c1cc3c4c5cc(c6c7cc8c(cc7n(c3cc1C2=O)c46)C(=O)C1(C(C)C)CCC8(C(C)C)CC1)CCc1cccc(c1)CC5. The number of aryl methyl sites for hydroxylation is 4. The van der Waals surface area contributed by atoms with E-state index in [0.29, 0.717) is 35.2 Å². The summed E-state index contributed by atoms with van der Waals surface area (Å²) in [6, 6.07) is 21.7. The fourth-order valence-corrected chi connectivity index (χ4v) is 14.3. The number of hydrogen-bond donors (Lipinski definition) is 0. The minimum atomic E-state index is -0.307. The molecular weight excluding hydrogens is 695 g/mol. The highest BCUT2D eigenvalue weighted by Crippen LogP contribution is 2.62. The summed E-state index contributed by atoms with van der Waals surface area (Å²) in [7, 11) is 0. The highest BCUT2D eigenvalue weighted by Gasteiger charge is 2.57. The van der Waals surface area contributed by atoms with Crippen LogP contribution < -0.4 is 0 Å². The van der Waals surface area contributed by atoms with Crippen LogP contribution in [0, 0.1) is 34.5 Å². The normalized spacial score (nSPS) is 28.5. The summed E-state index contributed by atoms with van der Waals surface area (Å²) in [5.41, 5.74) is 13.3. The van der Waals surface area contributed by atoms with Crippen molar-refractivity contribution in [2.45, 2.75) is 143 Å². The van der Waals surface area contributed by atoms with Crippen LogP contribution >= 0.6 is 0 Å². The Hall–Kier alpha value is -3.98. The average Bonchev–Trinajstić information content (AvgIpc) is 3.57. The number of Topliss-reactive ketones (excluding diaryl/α,β-unsaturated/α-hetero) is 2. The summed E-state index contributed by atoms with van der Waals surface area (Å²) in [5.74, 6) is 2.23. The van der Waals surface area contributed by atoms with Gasteiger partial charge in [0.2, 0.25) is 0 Å². The number of nitrogens with zero attached hydrogens (tertiary/aromatic N) is 1. The van der Waals surface area contributed by atoms with Crippen molar-refractivity contribution < 1.29 is 9.59 Å². The van der Waals surface area contributed by atoms with Gasteiger partial charge in [-0.15, -0.1) is 0 Å². The van der Waals surface area contributed by atoms with E-state index >= 15 is 9.59 Å². The Bertz CT molecular complexity index is 2520. The van der Waals surface area contributed by atoms with Gasteiger partial charge in [-0.2, -0.15) is 0 Å². The van der Waals surface area contributed by atoms with Crippen molar-refractivity contribution in [1.82, 2.24) is 4.40 Å². The highest BCUT2D eigenvalue weighted by atomic mass is 16.1. The number of carbonyl (C=O) groups excluding carboxylic acids is 2. The Morgan fingerprint density at radius 3 is 1.25 bits per heavy atom. The van der Waals surface area contributed by atoms with Gasteiger partial charge in [-0.3, -0.25) is 9.59 Å². The molecule has 13 rings (SSSR count). The quantitative estimate of drug-likeness (QED) is 0.180. The lowest BCUT2D eigenvalue weighted by Crippen LogP contribution is -2.42. The highest BCUT2D eigenvalue weighted by molar-refractivity contribution is 6.27. The fraction of sp³-hybridized carbons (Fsp3) is 0.519. The topological polar surface area (TPSA) is 38.5 Å². The lowest BCUT2D eigenvalue weighted by atomic mass is 9.57. The van der Waals surface area contributed by atoms with Gasteiger partial charge in [-0.05, 0) is 169 Å². The van der Waals surface area contributed by atoms with Gasteiger partial charge in [0.25, 0.3) is 0 Å². The van der Waals surface area contributed by atoms with Crippen LogP contribution in [-0.2, 0) is 36.5 Å². The zero-order valence-electron chi connectivity index (χ0n) is 35.8. The first-order valence-electron chi connectivity index (χ1n) is 22.8. The van der Waals surface area contributed by atoms with Crippen LogP contribution in [-0.4, -0.2) is 16.0 Å². The van der Waals surface area contributed by atoms with E-state index in [0.717, 1.165) is 99.2 Å². The van der Waals surface area contributed by atoms with Gasteiger partial charge in [0.1, 0.15) is 0 Å². The second-order valence-electron chi connectivity index (χ2n) is 21.2. The Balaban J connectivity index is 1.30. The number of ketones is 2. The molecule has 7 aliphatic carbocycles. The summed E-state index contributed by atoms with van der Waals surface area (Å²) in [4.78, 5) is 30.6. The number of rotatable bonds is 4. The summed E-state index contributed by atoms with van der Waals surface area (Å²) < 4.78 is 2.56. The maximum Gasteiger partial charge on any atom is 0.169 e. The predicted molar refractivity (Wildman–Crippen MR) is 236 cm³/mol. The van der Waals surface area contributed by atoms with E-state index < -0.39 is 0 Å². The van der Waals surface area contributed by atoms with E-state index in [1.54, 1.807) is 0 Å². The van der Waals surface area contributed by atoms with Crippen LogP contribution in [0.15, 0.2) is 54.6 Å².